The molecule has 0 radical (unpaired) electrons. The van der Waals surface area contributed by atoms with Crippen LogP contribution in [0.15, 0.2) is 18.2 Å². The standard InChI is InChI=1S/C12H18FNO/c1-9(2)5-6-15-12-4-3-10(8-14)7-11(12)13/h3-4,7,9H,5-6,8,14H2,1-2H3. The molecule has 1 rings (SSSR count). The van der Waals surface area contributed by atoms with Gasteiger partial charge in [0.2, 0.25) is 0 Å². The average molecular weight is 211 g/mol. The van der Waals surface area contributed by atoms with Crippen molar-refractivity contribution in [3.63, 3.8) is 0 Å². The van der Waals surface area contributed by atoms with Crippen molar-refractivity contribution < 1.29 is 9.13 Å². The van der Waals surface area contributed by atoms with Gasteiger partial charge in [-0.25, -0.2) is 4.39 Å². The molecule has 0 heterocycles. The number of hydrogen-bond donors (Lipinski definition) is 1. The molecule has 0 bridgehead atoms. The molecule has 0 fully saturated rings. The summed E-state index contributed by atoms with van der Waals surface area (Å²) in [5, 5.41) is 0. The van der Waals surface area contributed by atoms with Crippen LogP contribution in [0.1, 0.15) is 25.8 Å². The molecule has 0 aliphatic rings. The highest BCUT2D eigenvalue weighted by molar-refractivity contribution is 5.29. The summed E-state index contributed by atoms with van der Waals surface area (Å²) in [4.78, 5) is 0. The predicted octanol–water partition coefficient (Wildman–Crippen LogP) is 2.71. The Morgan fingerprint density at radius 1 is 1.40 bits per heavy atom. The minimum Gasteiger partial charge on any atom is -0.491 e. The second-order valence-corrected chi connectivity index (χ2v) is 4.00. The summed E-state index contributed by atoms with van der Waals surface area (Å²) in [5.74, 6) is 0.547. The average Bonchev–Trinajstić information content (AvgIpc) is 2.20. The Morgan fingerprint density at radius 3 is 2.67 bits per heavy atom. The van der Waals surface area contributed by atoms with Crippen molar-refractivity contribution in [2.24, 2.45) is 11.7 Å². The van der Waals surface area contributed by atoms with Crippen LogP contribution in [0.25, 0.3) is 0 Å². The lowest BCUT2D eigenvalue weighted by atomic mass is 10.1. The van der Waals surface area contributed by atoms with Crippen molar-refractivity contribution in [1.82, 2.24) is 0 Å². The van der Waals surface area contributed by atoms with E-state index in [2.05, 4.69) is 13.8 Å². The van der Waals surface area contributed by atoms with Gasteiger partial charge in [-0.3, -0.25) is 0 Å². The highest BCUT2D eigenvalue weighted by Crippen LogP contribution is 2.18. The molecule has 0 aromatic heterocycles. The lowest BCUT2D eigenvalue weighted by Crippen LogP contribution is -2.03. The van der Waals surface area contributed by atoms with Crippen molar-refractivity contribution in [1.29, 1.82) is 0 Å². The number of nitrogens with two attached hydrogens (primary N) is 1. The number of hydrogen-bond acceptors (Lipinski definition) is 2. The minimum absolute atomic E-state index is 0.313. The second kappa shape index (κ2) is 5.71. The first-order valence-electron chi connectivity index (χ1n) is 5.24. The normalized spacial score (nSPS) is 10.7. The zero-order valence-corrected chi connectivity index (χ0v) is 9.29. The van der Waals surface area contributed by atoms with Crippen LogP contribution in [0.2, 0.25) is 0 Å². The van der Waals surface area contributed by atoms with E-state index in [0.717, 1.165) is 12.0 Å². The largest absolute Gasteiger partial charge is 0.491 e. The summed E-state index contributed by atoms with van der Waals surface area (Å²) < 4.78 is 18.7. The Morgan fingerprint density at radius 2 is 2.13 bits per heavy atom. The van der Waals surface area contributed by atoms with Gasteiger partial charge < -0.3 is 10.5 Å². The molecule has 0 aliphatic carbocycles. The maximum absolute atomic E-state index is 13.4. The van der Waals surface area contributed by atoms with Gasteiger partial charge in [-0.05, 0) is 30.0 Å². The smallest absolute Gasteiger partial charge is 0.165 e. The van der Waals surface area contributed by atoms with Gasteiger partial charge in [0.15, 0.2) is 11.6 Å². The molecule has 15 heavy (non-hydrogen) atoms. The van der Waals surface area contributed by atoms with E-state index in [1.165, 1.54) is 6.07 Å². The molecule has 0 atom stereocenters. The Hall–Kier alpha value is -1.09. The first-order valence-corrected chi connectivity index (χ1v) is 5.24. The SMILES string of the molecule is CC(C)CCOc1ccc(CN)cc1F. The molecule has 84 valence electrons. The van der Waals surface area contributed by atoms with E-state index in [-0.39, 0.29) is 5.82 Å². The lowest BCUT2D eigenvalue weighted by molar-refractivity contribution is 0.276. The van der Waals surface area contributed by atoms with Crippen LogP contribution in [-0.4, -0.2) is 6.61 Å². The molecule has 0 aliphatic heterocycles. The number of ether oxygens (including phenoxy) is 1. The first kappa shape index (κ1) is 12.0. The summed E-state index contributed by atoms with van der Waals surface area (Å²) >= 11 is 0. The van der Waals surface area contributed by atoms with Crippen LogP contribution in [0.3, 0.4) is 0 Å². The molecule has 2 nitrogen and oxygen atoms in total. The number of halogens is 1. The second-order valence-electron chi connectivity index (χ2n) is 4.00. The molecule has 0 amide bonds. The van der Waals surface area contributed by atoms with Crippen LogP contribution < -0.4 is 10.5 Å². The summed E-state index contributed by atoms with van der Waals surface area (Å²) in [7, 11) is 0. The third-order valence-corrected chi connectivity index (χ3v) is 2.18. The highest BCUT2D eigenvalue weighted by Gasteiger charge is 2.04. The molecule has 3 heteroatoms. The van der Waals surface area contributed by atoms with E-state index in [0.29, 0.717) is 24.8 Å². The van der Waals surface area contributed by atoms with Crippen LogP contribution in [0.5, 0.6) is 5.75 Å². The van der Waals surface area contributed by atoms with E-state index in [4.69, 9.17) is 10.5 Å². The molecule has 0 unspecified atom stereocenters. The Kier molecular flexibility index (Phi) is 4.56. The molecule has 0 saturated heterocycles. The fraction of sp³-hybridized carbons (Fsp3) is 0.500. The van der Waals surface area contributed by atoms with E-state index < -0.39 is 0 Å². The fourth-order valence-electron chi connectivity index (χ4n) is 1.19. The van der Waals surface area contributed by atoms with Gasteiger partial charge in [-0.15, -0.1) is 0 Å². The summed E-state index contributed by atoms with van der Waals surface area (Å²) in [5.41, 5.74) is 6.18. The molecule has 1 aromatic carbocycles. The van der Waals surface area contributed by atoms with Crippen molar-refractivity contribution in [2.75, 3.05) is 6.61 Å². The summed E-state index contributed by atoms with van der Waals surface area (Å²) in [6, 6.07) is 4.84. The number of benzene rings is 1. The molecule has 0 saturated carbocycles. The van der Waals surface area contributed by atoms with Crippen LogP contribution in [0, 0.1) is 11.7 Å². The Labute approximate surface area is 90.2 Å². The predicted molar refractivity (Wildman–Crippen MR) is 59.2 cm³/mol. The maximum Gasteiger partial charge on any atom is 0.165 e. The van der Waals surface area contributed by atoms with E-state index in [1.54, 1.807) is 12.1 Å². The monoisotopic (exact) mass is 211 g/mol. The molecular weight excluding hydrogens is 193 g/mol. The van der Waals surface area contributed by atoms with Gasteiger partial charge in [0, 0.05) is 6.54 Å². The topological polar surface area (TPSA) is 35.2 Å². The van der Waals surface area contributed by atoms with Gasteiger partial charge in [0.05, 0.1) is 6.61 Å². The minimum atomic E-state index is -0.332. The molecular formula is C12H18FNO. The quantitative estimate of drug-likeness (QED) is 0.812. The fourth-order valence-corrected chi connectivity index (χ4v) is 1.19. The maximum atomic E-state index is 13.4. The molecule has 2 N–H and O–H groups in total. The number of rotatable bonds is 5. The lowest BCUT2D eigenvalue weighted by Gasteiger charge is -2.09. The van der Waals surface area contributed by atoms with Gasteiger partial charge in [-0.1, -0.05) is 19.9 Å². The van der Waals surface area contributed by atoms with Crippen molar-refractivity contribution >= 4 is 0 Å². The zero-order valence-electron chi connectivity index (χ0n) is 9.29. The van der Waals surface area contributed by atoms with E-state index in [1.807, 2.05) is 0 Å². The third kappa shape index (κ3) is 3.88. The van der Waals surface area contributed by atoms with E-state index >= 15 is 0 Å². The molecule has 0 spiro atoms. The van der Waals surface area contributed by atoms with Crippen LogP contribution in [0.4, 0.5) is 4.39 Å². The summed E-state index contributed by atoms with van der Waals surface area (Å²) in [6.45, 7) is 5.12. The van der Waals surface area contributed by atoms with Crippen molar-refractivity contribution in [3.8, 4) is 5.75 Å². The molecule has 1 aromatic rings. The van der Waals surface area contributed by atoms with Crippen molar-refractivity contribution in [2.45, 2.75) is 26.8 Å². The van der Waals surface area contributed by atoms with Crippen molar-refractivity contribution in [3.05, 3.63) is 29.6 Å². The first-order chi connectivity index (χ1) is 7.13. The van der Waals surface area contributed by atoms with E-state index in [9.17, 15) is 4.39 Å². The highest BCUT2D eigenvalue weighted by atomic mass is 19.1. The van der Waals surface area contributed by atoms with Gasteiger partial charge in [-0.2, -0.15) is 0 Å². The van der Waals surface area contributed by atoms with Gasteiger partial charge in [0.1, 0.15) is 0 Å². The van der Waals surface area contributed by atoms with Crippen LogP contribution in [-0.2, 0) is 6.54 Å². The third-order valence-electron chi connectivity index (χ3n) is 2.18. The summed E-state index contributed by atoms with van der Waals surface area (Å²) in [6.07, 6.45) is 0.929. The Balaban J connectivity index is 2.54. The van der Waals surface area contributed by atoms with Crippen LogP contribution >= 0.6 is 0 Å². The Bertz CT molecular complexity index is 312. The zero-order chi connectivity index (χ0) is 11.3. The van der Waals surface area contributed by atoms with Gasteiger partial charge >= 0.3 is 0 Å². The van der Waals surface area contributed by atoms with Gasteiger partial charge in [0.25, 0.3) is 0 Å².